The molecular formula is C22H26N2O6S. The van der Waals surface area contributed by atoms with Gasteiger partial charge in [0, 0.05) is 13.0 Å². The van der Waals surface area contributed by atoms with Crippen LogP contribution in [0.15, 0.2) is 47.4 Å². The highest BCUT2D eigenvalue weighted by atomic mass is 32.2. The van der Waals surface area contributed by atoms with Gasteiger partial charge in [0.05, 0.1) is 25.8 Å². The molecule has 0 bridgehead atoms. The summed E-state index contributed by atoms with van der Waals surface area (Å²) in [5, 5.41) is 2.96. The van der Waals surface area contributed by atoms with Crippen molar-refractivity contribution in [1.82, 2.24) is 9.62 Å². The van der Waals surface area contributed by atoms with E-state index in [0.717, 1.165) is 9.87 Å². The number of carbonyl (C=O) groups is 2. The van der Waals surface area contributed by atoms with Gasteiger partial charge in [-0.05, 0) is 42.7 Å². The van der Waals surface area contributed by atoms with Gasteiger partial charge in [0.15, 0.2) is 11.5 Å². The molecule has 1 N–H and O–H groups in total. The first-order valence-corrected chi connectivity index (χ1v) is 11.4. The van der Waals surface area contributed by atoms with Crippen LogP contribution >= 0.6 is 0 Å². The summed E-state index contributed by atoms with van der Waals surface area (Å²) in [5.74, 6) is 0.408. The lowest BCUT2D eigenvalue weighted by molar-refractivity contribution is -0.122. The summed E-state index contributed by atoms with van der Waals surface area (Å²) in [5.41, 5.74) is 1.05. The molecule has 9 heteroatoms. The Hall–Kier alpha value is -3.07. The smallest absolute Gasteiger partial charge is 0.269 e. The Kier molecular flexibility index (Phi) is 6.84. The number of nitrogens with zero attached hydrogens (tertiary/aromatic N) is 1. The van der Waals surface area contributed by atoms with Crippen molar-refractivity contribution in [3.63, 3.8) is 0 Å². The van der Waals surface area contributed by atoms with Crippen molar-refractivity contribution in [3.05, 3.63) is 53.6 Å². The molecule has 0 unspecified atom stereocenters. The molecule has 2 aromatic rings. The van der Waals surface area contributed by atoms with Gasteiger partial charge in [0.25, 0.3) is 15.9 Å². The van der Waals surface area contributed by atoms with Crippen LogP contribution in [0.1, 0.15) is 48.1 Å². The number of nitrogens with one attached hydrogen (secondary N) is 1. The van der Waals surface area contributed by atoms with Gasteiger partial charge in [-0.3, -0.25) is 9.59 Å². The van der Waals surface area contributed by atoms with Gasteiger partial charge >= 0.3 is 0 Å². The maximum absolute atomic E-state index is 12.6. The first-order valence-electron chi connectivity index (χ1n) is 10.0. The van der Waals surface area contributed by atoms with Crippen molar-refractivity contribution in [3.8, 4) is 11.5 Å². The van der Waals surface area contributed by atoms with E-state index < -0.39 is 15.9 Å². The largest absolute Gasteiger partial charge is 0.493 e. The number of amides is 2. The van der Waals surface area contributed by atoms with Crippen LogP contribution in [-0.4, -0.2) is 45.3 Å². The number of ether oxygens (including phenoxy) is 2. The highest BCUT2D eigenvalue weighted by molar-refractivity contribution is 7.90. The molecule has 0 saturated heterocycles. The fourth-order valence-corrected chi connectivity index (χ4v) is 5.20. The Morgan fingerprint density at radius 2 is 1.81 bits per heavy atom. The lowest BCUT2D eigenvalue weighted by atomic mass is 10.0. The molecule has 0 spiro atoms. The minimum absolute atomic E-state index is 0.0175. The zero-order valence-electron chi connectivity index (χ0n) is 17.8. The van der Waals surface area contributed by atoms with Crippen molar-refractivity contribution in [2.45, 2.75) is 37.1 Å². The molecule has 0 radical (unpaired) electrons. The van der Waals surface area contributed by atoms with E-state index in [2.05, 4.69) is 5.32 Å². The van der Waals surface area contributed by atoms with Crippen LogP contribution in [0.4, 0.5) is 0 Å². The molecule has 0 saturated carbocycles. The Bertz CT molecular complexity index is 1080. The fourth-order valence-electron chi connectivity index (χ4n) is 3.59. The van der Waals surface area contributed by atoms with E-state index in [0.29, 0.717) is 17.9 Å². The second kappa shape index (κ2) is 9.38. The Balaban J connectivity index is 1.60. The average molecular weight is 447 g/mol. The number of carbonyl (C=O) groups excluding carboxylic acids is 2. The van der Waals surface area contributed by atoms with Gasteiger partial charge in [0.1, 0.15) is 4.90 Å². The molecule has 1 aliphatic rings. The van der Waals surface area contributed by atoms with Crippen molar-refractivity contribution in [2.24, 2.45) is 0 Å². The fraction of sp³-hybridized carbons (Fsp3) is 0.364. The van der Waals surface area contributed by atoms with E-state index in [1.807, 2.05) is 19.1 Å². The molecule has 31 heavy (non-hydrogen) atoms. The third kappa shape index (κ3) is 4.51. The maximum atomic E-state index is 12.6. The van der Waals surface area contributed by atoms with E-state index >= 15 is 0 Å². The van der Waals surface area contributed by atoms with Gasteiger partial charge in [-0.2, -0.15) is 0 Å². The molecule has 1 atom stereocenters. The number of sulfonamides is 1. The molecule has 166 valence electrons. The number of methoxy groups -OCH3 is 2. The number of hydrogen-bond donors (Lipinski definition) is 1. The SMILES string of the molecule is CC[C@H](NC(=O)CCCN1C(=O)c2ccccc2S1(=O)=O)c1ccc(OC)c(OC)c1. The highest BCUT2D eigenvalue weighted by Gasteiger charge is 2.40. The van der Waals surface area contributed by atoms with E-state index in [-0.39, 0.29) is 41.8 Å². The minimum atomic E-state index is -3.85. The summed E-state index contributed by atoms with van der Waals surface area (Å²) < 4.78 is 36.6. The van der Waals surface area contributed by atoms with Crippen molar-refractivity contribution in [1.29, 1.82) is 0 Å². The Morgan fingerprint density at radius 1 is 1.10 bits per heavy atom. The first-order chi connectivity index (χ1) is 14.8. The predicted molar refractivity (Wildman–Crippen MR) is 115 cm³/mol. The standard InChI is InChI=1S/C22H26N2O6S/c1-4-17(15-11-12-18(29-2)19(14-15)30-3)23-21(25)10-7-13-24-22(26)16-8-5-6-9-20(16)31(24,27)28/h5-6,8-9,11-12,14,17H,4,7,10,13H2,1-3H3,(H,23,25)/t17-/m0/s1. The van der Waals surface area contributed by atoms with Gasteiger partial charge in [-0.25, -0.2) is 12.7 Å². The van der Waals surface area contributed by atoms with Gasteiger partial charge in [-0.1, -0.05) is 25.1 Å². The minimum Gasteiger partial charge on any atom is -0.493 e. The lowest BCUT2D eigenvalue weighted by Gasteiger charge is -2.20. The topological polar surface area (TPSA) is 102 Å². The zero-order valence-corrected chi connectivity index (χ0v) is 18.6. The van der Waals surface area contributed by atoms with E-state index in [4.69, 9.17) is 9.47 Å². The van der Waals surface area contributed by atoms with E-state index in [1.54, 1.807) is 32.4 Å². The number of benzene rings is 2. The Labute approximate surface area is 182 Å². The normalized spacial score (nSPS) is 15.3. The van der Waals surface area contributed by atoms with Crippen LogP contribution in [0.3, 0.4) is 0 Å². The van der Waals surface area contributed by atoms with Gasteiger partial charge in [0.2, 0.25) is 5.91 Å². The van der Waals surface area contributed by atoms with Crippen molar-refractivity contribution in [2.75, 3.05) is 20.8 Å². The molecule has 2 amide bonds. The van der Waals surface area contributed by atoms with Crippen LogP contribution in [0.25, 0.3) is 0 Å². The third-order valence-corrected chi connectivity index (χ3v) is 7.07. The van der Waals surface area contributed by atoms with Crippen molar-refractivity contribution < 1.29 is 27.5 Å². The number of fused-ring (bicyclic) bond motifs is 1. The van der Waals surface area contributed by atoms with E-state index in [1.165, 1.54) is 12.1 Å². The molecule has 3 rings (SSSR count). The summed E-state index contributed by atoms with van der Waals surface area (Å²) in [6.45, 7) is 1.91. The van der Waals surface area contributed by atoms with Crippen molar-refractivity contribution >= 4 is 21.8 Å². The monoisotopic (exact) mass is 446 g/mol. The Morgan fingerprint density at radius 3 is 2.45 bits per heavy atom. The average Bonchev–Trinajstić information content (AvgIpc) is 2.97. The summed E-state index contributed by atoms with van der Waals surface area (Å²) in [6.07, 6.45) is 0.988. The number of rotatable bonds is 9. The maximum Gasteiger partial charge on any atom is 0.269 e. The summed E-state index contributed by atoms with van der Waals surface area (Å²) in [6, 6.07) is 11.4. The van der Waals surface area contributed by atoms with Crippen LogP contribution in [-0.2, 0) is 14.8 Å². The van der Waals surface area contributed by atoms with E-state index in [9.17, 15) is 18.0 Å². The second-order valence-electron chi connectivity index (χ2n) is 7.12. The molecule has 1 aliphatic heterocycles. The predicted octanol–water partition coefficient (Wildman–Crippen LogP) is 2.90. The molecule has 0 fully saturated rings. The molecule has 8 nitrogen and oxygen atoms in total. The summed E-state index contributed by atoms with van der Waals surface area (Å²) in [4.78, 5) is 24.9. The lowest BCUT2D eigenvalue weighted by Crippen LogP contribution is -2.33. The molecule has 1 heterocycles. The quantitative estimate of drug-likeness (QED) is 0.636. The van der Waals surface area contributed by atoms with Crippen LogP contribution in [0.2, 0.25) is 0 Å². The summed E-state index contributed by atoms with van der Waals surface area (Å²) in [7, 11) is -0.747. The van der Waals surface area contributed by atoms with Crippen LogP contribution in [0, 0.1) is 0 Å². The summed E-state index contributed by atoms with van der Waals surface area (Å²) >= 11 is 0. The van der Waals surface area contributed by atoms with Crippen LogP contribution in [0.5, 0.6) is 11.5 Å². The molecule has 2 aromatic carbocycles. The van der Waals surface area contributed by atoms with Crippen LogP contribution < -0.4 is 14.8 Å². The van der Waals surface area contributed by atoms with Gasteiger partial charge < -0.3 is 14.8 Å². The first kappa shape index (κ1) is 22.6. The van der Waals surface area contributed by atoms with Gasteiger partial charge in [-0.15, -0.1) is 0 Å². The third-order valence-electron chi connectivity index (χ3n) is 5.23. The zero-order chi connectivity index (χ0) is 22.6. The molecule has 0 aromatic heterocycles. The number of hydrogen-bond acceptors (Lipinski definition) is 6. The molecular weight excluding hydrogens is 420 g/mol. The molecule has 0 aliphatic carbocycles. The highest BCUT2D eigenvalue weighted by Crippen LogP contribution is 2.31. The second-order valence-corrected chi connectivity index (χ2v) is 8.96.